The maximum atomic E-state index is 11.3. The Labute approximate surface area is 164 Å². The van der Waals surface area contributed by atoms with Gasteiger partial charge in [-0.1, -0.05) is 26.0 Å². The summed E-state index contributed by atoms with van der Waals surface area (Å²) in [4.78, 5) is 0. The van der Waals surface area contributed by atoms with Gasteiger partial charge in [-0.05, 0) is 25.0 Å². The summed E-state index contributed by atoms with van der Waals surface area (Å²) in [5.41, 5.74) is -2.04. The van der Waals surface area contributed by atoms with Crippen LogP contribution in [0.4, 0.5) is 0 Å². The molecule has 8 atom stereocenters. The second kappa shape index (κ2) is 8.86. The Morgan fingerprint density at radius 2 is 1.86 bits per heavy atom. The average Bonchev–Trinajstić information content (AvgIpc) is 2.61. The van der Waals surface area contributed by atoms with Crippen molar-refractivity contribution in [2.45, 2.75) is 75.7 Å². The molecule has 0 aromatic carbocycles. The van der Waals surface area contributed by atoms with Gasteiger partial charge in [0.05, 0.1) is 25.4 Å². The molecule has 0 radical (unpaired) electrons. The highest BCUT2D eigenvalue weighted by Crippen LogP contribution is 2.45. The standard InChI is InChI=1S/C19H32O9/c1-10(21)4-5-19(26)11(6-12(22)7-18(19,2)3)9-27-17-16(25)15(24)14(23)13(8-20)28-17/h4-6,10,12-17,20-26H,7-9H2,1-3H3/b5-4+/t10-,12+,13+,14+,15-,16+,17+,19+/m0/s1. The fourth-order valence-corrected chi connectivity index (χ4v) is 3.68. The Bertz CT molecular complexity index is 586. The lowest BCUT2D eigenvalue weighted by atomic mass is 9.64. The van der Waals surface area contributed by atoms with Crippen LogP contribution in [-0.4, -0.2) is 97.5 Å². The molecule has 2 rings (SSSR count). The number of aliphatic hydroxyl groups excluding tert-OH is 6. The molecule has 1 fully saturated rings. The summed E-state index contributed by atoms with van der Waals surface area (Å²) in [6.07, 6.45) is -4.13. The van der Waals surface area contributed by atoms with E-state index in [-0.39, 0.29) is 13.0 Å². The molecule has 0 bridgehead atoms. The molecular formula is C19H32O9. The summed E-state index contributed by atoms with van der Waals surface area (Å²) in [7, 11) is 0. The first-order chi connectivity index (χ1) is 12.9. The van der Waals surface area contributed by atoms with Crippen molar-refractivity contribution in [2.75, 3.05) is 13.2 Å². The fraction of sp³-hybridized carbons (Fsp3) is 0.789. The zero-order chi connectivity index (χ0) is 21.3. The van der Waals surface area contributed by atoms with Crippen LogP contribution in [0, 0.1) is 5.41 Å². The Morgan fingerprint density at radius 1 is 1.21 bits per heavy atom. The minimum atomic E-state index is -1.58. The molecule has 1 aliphatic carbocycles. The quantitative estimate of drug-likeness (QED) is 0.253. The zero-order valence-electron chi connectivity index (χ0n) is 16.3. The normalized spacial score (nSPS) is 42.4. The lowest BCUT2D eigenvalue weighted by molar-refractivity contribution is -0.299. The van der Waals surface area contributed by atoms with E-state index >= 15 is 0 Å². The van der Waals surface area contributed by atoms with E-state index in [4.69, 9.17) is 9.47 Å². The van der Waals surface area contributed by atoms with Crippen molar-refractivity contribution >= 4 is 0 Å². The molecule has 0 aromatic heterocycles. The smallest absolute Gasteiger partial charge is 0.187 e. The Hall–Kier alpha value is -0.880. The predicted octanol–water partition coefficient (Wildman–Crippen LogP) is -1.81. The number of ether oxygens (including phenoxy) is 2. The third-order valence-corrected chi connectivity index (χ3v) is 5.50. The van der Waals surface area contributed by atoms with Crippen molar-refractivity contribution in [3.63, 3.8) is 0 Å². The van der Waals surface area contributed by atoms with E-state index in [2.05, 4.69) is 0 Å². The third kappa shape index (κ3) is 4.64. The van der Waals surface area contributed by atoms with Crippen LogP contribution >= 0.6 is 0 Å². The van der Waals surface area contributed by atoms with Gasteiger partial charge in [0.2, 0.25) is 0 Å². The molecule has 1 aliphatic heterocycles. The molecule has 0 saturated carbocycles. The number of hydrogen-bond donors (Lipinski definition) is 7. The van der Waals surface area contributed by atoms with Crippen LogP contribution in [0.3, 0.4) is 0 Å². The summed E-state index contributed by atoms with van der Waals surface area (Å²) >= 11 is 0. The topological polar surface area (TPSA) is 160 Å². The summed E-state index contributed by atoms with van der Waals surface area (Å²) in [5.74, 6) is 0. The number of hydrogen-bond acceptors (Lipinski definition) is 9. The van der Waals surface area contributed by atoms with Crippen molar-refractivity contribution in [3.05, 3.63) is 23.8 Å². The Morgan fingerprint density at radius 3 is 2.43 bits per heavy atom. The van der Waals surface area contributed by atoms with Crippen LogP contribution in [0.5, 0.6) is 0 Å². The average molecular weight is 404 g/mol. The molecule has 0 spiro atoms. The fourth-order valence-electron chi connectivity index (χ4n) is 3.68. The molecule has 0 unspecified atom stereocenters. The van der Waals surface area contributed by atoms with Gasteiger partial charge in [0.25, 0.3) is 0 Å². The van der Waals surface area contributed by atoms with Crippen LogP contribution < -0.4 is 0 Å². The van der Waals surface area contributed by atoms with Gasteiger partial charge >= 0.3 is 0 Å². The van der Waals surface area contributed by atoms with Crippen molar-refractivity contribution in [3.8, 4) is 0 Å². The van der Waals surface area contributed by atoms with Crippen LogP contribution in [0.25, 0.3) is 0 Å². The van der Waals surface area contributed by atoms with Gasteiger partial charge in [0.1, 0.15) is 30.0 Å². The van der Waals surface area contributed by atoms with Crippen LogP contribution in [0.15, 0.2) is 23.8 Å². The molecule has 7 N–H and O–H groups in total. The van der Waals surface area contributed by atoms with E-state index in [1.807, 2.05) is 0 Å². The van der Waals surface area contributed by atoms with Crippen molar-refractivity contribution in [1.82, 2.24) is 0 Å². The second-order valence-corrected chi connectivity index (χ2v) is 8.22. The molecule has 9 heteroatoms. The van der Waals surface area contributed by atoms with Gasteiger partial charge in [0, 0.05) is 5.41 Å². The highest BCUT2D eigenvalue weighted by Gasteiger charge is 2.49. The zero-order valence-corrected chi connectivity index (χ0v) is 16.3. The van der Waals surface area contributed by atoms with E-state index in [9.17, 15) is 35.7 Å². The maximum absolute atomic E-state index is 11.3. The first-order valence-electron chi connectivity index (χ1n) is 9.34. The van der Waals surface area contributed by atoms with Crippen LogP contribution in [0.2, 0.25) is 0 Å². The lowest BCUT2D eigenvalue weighted by Gasteiger charge is -2.47. The monoisotopic (exact) mass is 404 g/mol. The SMILES string of the molecule is C[C@H](O)/C=C/[C@@]1(O)C(CO[C@@H]2O[C@H](CO)[C@@H](O)[C@H](O)[C@H]2O)=C[C@@H](O)CC1(C)C. The van der Waals surface area contributed by atoms with Gasteiger partial charge in [-0.15, -0.1) is 0 Å². The number of aliphatic hydroxyl groups is 7. The molecule has 9 nitrogen and oxygen atoms in total. The molecule has 28 heavy (non-hydrogen) atoms. The van der Waals surface area contributed by atoms with Crippen LogP contribution in [0.1, 0.15) is 27.2 Å². The third-order valence-electron chi connectivity index (χ3n) is 5.50. The first-order valence-corrected chi connectivity index (χ1v) is 9.34. The van der Waals surface area contributed by atoms with Gasteiger partial charge in [-0.2, -0.15) is 0 Å². The molecule has 1 saturated heterocycles. The Kier molecular flexibility index (Phi) is 7.41. The largest absolute Gasteiger partial charge is 0.394 e. The van der Waals surface area contributed by atoms with Crippen molar-refractivity contribution in [2.24, 2.45) is 5.41 Å². The van der Waals surface area contributed by atoms with Gasteiger partial charge in [-0.25, -0.2) is 0 Å². The highest BCUT2D eigenvalue weighted by atomic mass is 16.7. The highest BCUT2D eigenvalue weighted by molar-refractivity contribution is 5.34. The molecule has 0 aromatic rings. The second-order valence-electron chi connectivity index (χ2n) is 8.22. The molecule has 1 heterocycles. The maximum Gasteiger partial charge on any atom is 0.187 e. The number of rotatable bonds is 6. The Balaban J connectivity index is 2.22. The summed E-state index contributed by atoms with van der Waals surface area (Å²) in [6.45, 7) is 4.23. The minimum Gasteiger partial charge on any atom is -0.394 e. The minimum absolute atomic E-state index is 0.260. The van der Waals surface area contributed by atoms with Crippen LogP contribution in [-0.2, 0) is 9.47 Å². The van der Waals surface area contributed by atoms with E-state index < -0.39 is 60.5 Å². The van der Waals surface area contributed by atoms with Gasteiger partial charge in [-0.3, -0.25) is 0 Å². The molecule has 2 aliphatic rings. The summed E-state index contributed by atoms with van der Waals surface area (Å²) in [6, 6.07) is 0. The molecule has 0 amide bonds. The van der Waals surface area contributed by atoms with E-state index in [1.54, 1.807) is 20.8 Å². The first kappa shape index (κ1) is 23.4. The molecule has 162 valence electrons. The predicted molar refractivity (Wildman–Crippen MR) is 98.0 cm³/mol. The lowest BCUT2D eigenvalue weighted by Crippen LogP contribution is -2.59. The molecular weight excluding hydrogens is 372 g/mol. The van der Waals surface area contributed by atoms with Gasteiger partial charge in [0.15, 0.2) is 6.29 Å². The van der Waals surface area contributed by atoms with E-state index in [0.717, 1.165) is 0 Å². The van der Waals surface area contributed by atoms with Gasteiger partial charge < -0.3 is 45.2 Å². The summed E-state index contributed by atoms with van der Waals surface area (Å²) < 4.78 is 10.8. The van der Waals surface area contributed by atoms with Crippen molar-refractivity contribution < 1.29 is 45.2 Å². The van der Waals surface area contributed by atoms with Crippen molar-refractivity contribution in [1.29, 1.82) is 0 Å². The summed E-state index contributed by atoms with van der Waals surface area (Å²) in [5, 5.41) is 70.1. The van der Waals surface area contributed by atoms with E-state index in [0.29, 0.717) is 5.57 Å². The van der Waals surface area contributed by atoms with E-state index in [1.165, 1.54) is 18.2 Å².